The van der Waals surface area contributed by atoms with Crippen molar-refractivity contribution in [1.82, 2.24) is 0 Å². The number of carbonyl (C=O) groups excluding carboxylic acids is 1. The molecule has 0 saturated heterocycles. The lowest BCUT2D eigenvalue weighted by Gasteiger charge is -2.09. The molecular formula is C17H15NO3. The Bertz CT molecular complexity index is 656. The van der Waals surface area contributed by atoms with Crippen molar-refractivity contribution in [2.75, 3.05) is 13.7 Å². The van der Waals surface area contributed by atoms with Gasteiger partial charge in [0.2, 0.25) is 5.78 Å². The predicted octanol–water partition coefficient (Wildman–Crippen LogP) is 3.02. The fraction of sp³-hybridized carbons (Fsp3) is 0.176. The topological polar surface area (TPSA) is 59.3 Å². The van der Waals surface area contributed by atoms with Crippen molar-refractivity contribution in [3.05, 3.63) is 59.7 Å². The third-order valence-corrected chi connectivity index (χ3v) is 2.98. The van der Waals surface area contributed by atoms with Gasteiger partial charge in [0.25, 0.3) is 0 Å². The van der Waals surface area contributed by atoms with Crippen LogP contribution in [0.25, 0.3) is 0 Å². The summed E-state index contributed by atoms with van der Waals surface area (Å²) in [5.41, 5.74) is 1.42. The number of methoxy groups -OCH3 is 1. The van der Waals surface area contributed by atoms with Gasteiger partial charge >= 0.3 is 0 Å². The number of rotatable bonds is 6. The fourth-order valence-corrected chi connectivity index (χ4v) is 1.90. The summed E-state index contributed by atoms with van der Waals surface area (Å²) in [5.74, 6) is 0.990. The zero-order valence-electron chi connectivity index (χ0n) is 11.7. The first-order valence-electron chi connectivity index (χ1n) is 6.49. The first-order chi connectivity index (χ1) is 10.2. The van der Waals surface area contributed by atoms with E-state index in [0.717, 1.165) is 5.56 Å². The van der Waals surface area contributed by atoms with E-state index in [1.165, 1.54) is 7.11 Å². The standard InChI is InChI=1S/C17H15NO3/c1-20-17-5-3-2-4-15(17)16(19)12-21-14-8-6-13(7-9-14)10-11-18/h2-9H,10,12H2,1H3. The van der Waals surface area contributed by atoms with Crippen LogP contribution in [0.4, 0.5) is 0 Å². The van der Waals surface area contributed by atoms with Crippen LogP contribution in [0, 0.1) is 11.3 Å². The van der Waals surface area contributed by atoms with Crippen LogP contribution >= 0.6 is 0 Å². The predicted molar refractivity (Wildman–Crippen MR) is 78.6 cm³/mol. The molecule has 0 aromatic heterocycles. The van der Waals surface area contributed by atoms with Crippen LogP contribution in [0.15, 0.2) is 48.5 Å². The smallest absolute Gasteiger partial charge is 0.203 e. The Hall–Kier alpha value is -2.80. The molecule has 21 heavy (non-hydrogen) atoms. The molecule has 106 valence electrons. The first kappa shape index (κ1) is 14.6. The number of carbonyl (C=O) groups is 1. The summed E-state index contributed by atoms with van der Waals surface area (Å²) in [5, 5.41) is 8.60. The molecule has 0 aliphatic rings. The highest BCUT2D eigenvalue weighted by molar-refractivity contribution is 5.99. The summed E-state index contributed by atoms with van der Waals surface area (Å²) >= 11 is 0. The van der Waals surface area contributed by atoms with Gasteiger partial charge in [-0.05, 0) is 29.8 Å². The van der Waals surface area contributed by atoms with Crippen molar-refractivity contribution in [3.8, 4) is 17.6 Å². The quantitative estimate of drug-likeness (QED) is 0.764. The molecule has 0 atom stereocenters. The van der Waals surface area contributed by atoms with E-state index in [1.807, 2.05) is 18.2 Å². The van der Waals surface area contributed by atoms with Crippen LogP contribution < -0.4 is 9.47 Å². The van der Waals surface area contributed by atoms with E-state index in [4.69, 9.17) is 14.7 Å². The van der Waals surface area contributed by atoms with Crippen LogP contribution in [0.5, 0.6) is 11.5 Å². The van der Waals surface area contributed by atoms with E-state index in [9.17, 15) is 4.79 Å². The third-order valence-electron chi connectivity index (χ3n) is 2.98. The van der Waals surface area contributed by atoms with Crippen molar-refractivity contribution >= 4 is 5.78 Å². The molecular weight excluding hydrogens is 266 g/mol. The van der Waals surface area contributed by atoms with E-state index in [1.54, 1.807) is 30.3 Å². The Morgan fingerprint density at radius 1 is 1.14 bits per heavy atom. The maximum Gasteiger partial charge on any atom is 0.203 e. The maximum atomic E-state index is 12.1. The Balaban J connectivity index is 1.99. The minimum Gasteiger partial charge on any atom is -0.496 e. The molecule has 0 saturated carbocycles. The highest BCUT2D eigenvalue weighted by Crippen LogP contribution is 2.19. The summed E-state index contributed by atoms with van der Waals surface area (Å²) in [4.78, 5) is 12.1. The van der Waals surface area contributed by atoms with Gasteiger partial charge in [0.15, 0.2) is 6.61 Å². The maximum absolute atomic E-state index is 12.1. The van der Waals surface area contributed by atoms with E-state index in [2.05, 4.69) is 6.07 Å². The van der Waals surface area contributed by atoms with Crippen LogP contribution in [0.3, 0.4) is 0 Å². The van der Waals surface area contributed by atoms with Gasteiger partial charge in [0, 0.05) is 0 Å². The Morgan fingerprint density at radius 3 is 2.52 bits per heavy atom. The fourth-order valence-electron chi connectivity index (χ4n) is 1.90. The van der Waals surface area contributed by atoms with E-state index in [0.29, 0.717) is 23.5 Å². The van der Waals surface area contributed by atoms with E-state index < -0.39 is 0 Å². The molecule has 0 bridgehead atoms. The normalized spacial score (nSPS) is 9.71. The number of hydrogen-bond acceptors (Lipinski definition) is 4. The summed E-state index contributed by atoms with van der Waals surface area (Å²) in [6.45, 7) is -0.0576. The highest BCUT2D eigenvalue weighted by atomic mass is 16.5. The van der Waals surface area contributed by atoms with Gasteiger partial charge in [-0.1, -0.05) is 24.3 Å². The van der Waals surface area contributed by atoms with Gasteiger partial charge in [-0.25, -0.2) is 0 Å². The molecule has 0 heterocycles. The molecule has 0 amide bonds. The lowest BCUT2D eigenvalue weighted by atomic mass is 10.1. The van der Waals surface area contributed by atoms with Gasteiger partial charge in [0.05, 0.1) is 25.2 Å². The van der Waals surface area contributed by atoms with Gasteiger partial charge in [-0.15, -0.1) is 0 Å². The second-order valence-electron chi connectivity index (χ2n) is 4.39. The molecule has 0 spiro atoms. The van der Waals surface area contributed by atoms with Crippen molar-refractivity contribution < 1.29 is 14.3 Å². The van der Waals surface area contributed by atoms with Crippen molar-refractivity contribution in [3.63, 3.8) is 0 Å². The Kier molecular flexibility index (Phi) is 4.94. The minimum absolute atomic E-state index is 0.0576. The Labute approximate surface area is 123 Å². The molecule has 4 nitrogen and oxygen atoms in total. The summed E-state index contributed by atoms with van der Waals surface area (Å²) in [6, 6.07) is 16.2. The second kappa shape index (κ2) is 7.11. The lowest BCUT2D eigenvalue weighted by molar-refractivity contribution is 0.0918. The highest BCUT2D eigenvalue weighted by Gasteiger charge is 2.12. The summed E-state index contributed by atoms with van der Waals surface area (Å²) < 4.78 is 10.6. The Morgan fingerprint density at radius 2 is 1.86 bits per heavy atom. The van der Waals surface area contributed by atoms with Crippen LogP contribution in [-0.4, -0.2) is 19.5 Å². The van der Waals surface area contributed by atoms with Crippen molar-refractivity contribution in [2.24, 2.45) is 0 Å². The molecule has 0 radical (unpaired) electrons. The third kappa shape index (κ3) is 3.83. The van der Waals surface area contributed by atoms with Crippen LogP contribution in [0.2, 0.25) is 0 Å². The zero-order chi connectivity index (χ0) is 15.1. The minimum atomic E-state index is -0.145. The number of nitrogens with zero attached hydrogens (tertiary/aromatic N) is 1. The number of ketones is 1. The number of nitriles is 1. The van der Waals surface area contributed by atoms with Gasteiger partial charge in [-0.3, -0.25) is 4.79 Å². The monoisotopic (exact) mass is 281 g/mol. The molecule has 0 aliphatic carbocycles. The molecule has 0 aliphatic heterocycles. The molecule has 4 heteroatoms. The second-order valence-corrected chi connectivity index (χ2v) is 4.39. The SMILES string of the molecule is COc1ccccc1C(=O)COc1ccc(CC#N)cc1. The zero-order valence-corrected chi connectivity index (χ0v) is 11.7. The van der Waals surface area contributed by atoms with Gasteiger partial charge in [-0.2, -0.15) is 5.26 Å². The average molecular weight is 281 g/mol. The number of benzene rings is 2. The number of para-hydroxylation sites is 1. The van der Waals surface area contributed by atoms with Gasteiger partial charge in [0.1, 0.15) is 11.5 Å². The molecule has 2 aromatic rings. The lowest BCUT2D eigenvalue weighted by Crippen LogP contribution is -2.12. The van der Waals surface area contributed by atoms with E-state index in [-0.39, 0.29) is 12.4 Å². The van der Waals surface area contributed by atoms with E-state index >= 15 is 0 Å². The summed E-state index contributed by atoms with van der Waals surface area (Å²) in [6.07, 6.45) is 0.362. The van der Waals surface area contributed by atoms with Gasteiger partial charge < -0.3 is 9.47 Å². The largest absolute Gasteiger partial charge is 0.496 e. The molecule has 2 rings (SSSR count). The number of hydrogen-bond donors (Lipinski definition) is 0. The van der Waals surface area contributed by atoms with Crippen LogP contribution in [-0.2, 0) is 6.42 Å². The number of Topliss-reactive ketones (excluding diaryl/α,β-unsaturated/α-hetero) is 1. The van der Waals surface area contributed by atoms with Crippen molar-refractivity contribution in [1.29, 1.82) is 5.26 Å². The number of ether oxygens (including phenoxy) is 2. The molecule has 0 unspecified atom stereocenters. The average Bonchev–Trinajstić information content (AvgIpc) is 2.54. The van der Waals surface area contributed by atoms with Crippen LogP contribution in [0.1, 0.15) is 15.9 Å². The summed E-state index contributed by atoms with van der Waals surface area (Å²) in [7, 11) is 1.53. The molecule has 2 aromatic carbocycles. The van der Waals surface area contributed by atoms with Crippen molar-refractivity contribution in [2.45, 2.75) is 6.42 Å². The molecule has 0 N–H and O–H groups in total. The first-order valence-corrected chi connectivity index (χ1v) is 6.49. The molecule has 0 fully saturated rings.